The van der Waals surface area contributed by atoms with E-state index in [1.807, 2.05) is 42.5 Å². The zero-order valence-electron chi connectivity index (χ0n) is 14.3. The number of hydrogen-bond donors (Lipinski definition) is 2. The molecule has 4 nitrogen and oxygen atoms in total. The van der Waals surface area contributed by atoms with Gasteiger partial charge in [-0.25, -0.2) is 0 Å². The van der Waals surface area contributed by atoms with Crippen LogP contribution in [0.5, 0.6) is 5.75 Å². The van der Waals surface area contributed by atoms with Gasteiger partial charge in [0, 0.05) is 41.3 Å². The minimum atomic E-state index is -0.344. The summed E-state index contributed by atoms with van der Waals surface area (Å²) in [5.41, 5.74) is 1.63. The number of allylic oxidation sites excluding steroid dienone is 1. The van der Waals surface area contributed by atoms with E-state index >= 15 is 0 Å². The van der Waals surface area contributed by atoms with Gasteiger partial charge in [-0.05, 0) is 6.07 Å². The summed E-state index contributed by atoms with van der Waals surface area (Å²) in [6.07, 6.45) is 0. The molecule has 0 unspecified atom stereocenters. The van der Waals surface area contributed by atoms with E-state index in [1.165, 1.54) is 19.1 Å². The van der Waals surface area contributed by atoms with Gasteiger partial charge in [-0.1, -0.05) is 17.2 Å². The fourth-order valence-electron chi connectivity index (χ4n) is 2.19. The van der Waals surface area contributed by atoms with Crippen molar-refractivity contribution in [3.8, 4) is 5.75 Å². The van der Waals surface area contributed by atoms with Crippen LogP contribution in [0.4, 0.5) is 5.69 Å². The summed E-state index contributed by atoms with van der Waals surface area (Å²) < 4.78 is 0. The molecule has 0 heterocycles. The van der Waals surface area contributed by atoms with E-state index in [-0.39, 0.29) is 40.1 Å². The zero-order valence-corrected chi connectivity index (χ0v) is 15.4. The molecular weight excluding hydrogens is 370 g/mol. The summed E-state index contributed by atoms with van der Waals surface area (Å²) in [5, 5.41) is 12.4. The molecule has 3 rings (SSSR count). The van der Waals surface area contributed by atoms with Gasteiger partial charge in [-0.3, -0.25) is 4.79 Å². The number of nitrogens with one attached hydrogen (secondary N) is 1. The second-order valence-electron chi connectivity index (χ2n) is 5.36. The SMILES string of the molecule is C=C(C(=O)c1ccc(NC(C)=O)cc1O)[c-]1cccc1.[Fe].[cH-]1[cH-][cH-][cH-][cH-]1. The topological polar surface area (TPSA) is 66.4 Å². The van der Waals surface area contributed by atoms with Crippen LogP contribution in [0.1, 0.15) is 22.8 Å². The number of anilines is 1. The number of phenols is 1. The molecule has 0 atom stereocenters. The zero-order chi connectivity index (χ0) is 18.2. The summed E-state index contributed by atoms with van der Waals surface area (Å²) in [7, 11) is 0. The molecule has 0 bridgehead atoms. The molecule has 0 aliphatic rings. The van der Waals surface area contributed by atoms with Crippen LogP contribution in [0.15, 0.2) is 79.4 Å². The van der Waals surface area contributed by atoms with Crippen molar-refractivity contribution in [2.45, 2.75) is 6.92 Å². The van der Waals surface area contributed by atoms with Crippen molar-refractivity contribution in [1.29, 1.82) is 0 Å². The molecule has 3 aromatic rings. The molecular formula is C21H19FeNO3-6. The van der Waals surface area contributed by atoms with Crippen LogP contribution in [0, 0.1) is 0 Å². The van der Waals surface area contributed by atoms with Crippen molar-refractivity contribution >= 4 is 23.0 Å². The molecule has 1 amide bonds. The van der Waals surface area contributed by atoms with Crippen molar-refractivity contribution in [2.24, 2.45) is 0 Å². The van der Waals surface area contributed by atoms with Gasteiger partial charge >= 0.3 is 0 Å². The molecule has 140 valence electrons. The van der Waals surface area contributed by atoms with E-state index in [1.54, 1.807) is 18.2 Å². The van der Waals surface area contributed by atoms with Crippen molar-refractivity contribution in [2.75, 3.05) is 5.32 Å². The monoisotopic (exact) mass is 389 g/mol. The molecule has 0 aliphatic carbocycles. The first-order valence-electron chi connectivity index (χ1n) is 7.72. The number of carbonyl (C=O) groups is 2. The van der Waals surface area contributed by atoms with E-state index in [2.05, 4.69) is 11.9 Å². The van der Waals surface area contributed by atoms with Crippen LogP contribution < -0.4 is 5.32 Å². The Labute approximate surface area is 163 Å². The molecule has 0 radical (unpaired) electrons. The molecule has 0 spiro atoms. The number of phenolic OH excluding ortho intramolecular Hbond substituents is 1. The van der Waals surface area contributed by atoms with Gasteiger partial charge in [-0.2, -0.15) is 18.7 Å². The van der Waals surface area contributed by atoms with Crippen LogP contribution in [0.2, 0.25) is 0 Å². The first-order chi connectivity index (χ1) is 12.0. The van der Waals surface area contributed by atoms with Crippen molar-refractivity contribution < 1.29 is 31.8 Å². The average Bonchev–Trinajstić information content (AvgIpc) is 3.29. The van der Waals surface area contributed by atoms with E-state index < -0.39 is 0 Å². The average molecular weight is 389 g/mol. The predicted molar refractivity (Wildman–Crippen MR) is 99.8 cm³/mol. The maximum atomic E-state index is 12.3. The predicted octanol–water partition coefficient (Wildman–Crippen LogP) is 4.37. The van der Waals surface area contributed by atoms with Crippen LogP contribution in [-0.4, -0.2) is 16.8 Å². The Bertz CT molecular complexity index is 832. The summed E-state index contributed by atoms with van der Waals surface area (Å²) in [5.74, 6) is -0.776. The van der Waals surface area contributed by atoms with E-state index in [9.17, 15) is 14.7 Å². The molecule has 0 aliphatic heterocycles. The smallest absolute Gasteiger partial charge is 0.221 e. The number of hydrogen-bond acceptors (Lipinski definition) is 3. The Kier molecular flexibility index (Phi) is 8.29. The summed E-state index contributed by atoms with van der Waals surface area (Å²) >= 11 is 0. The van der Waals surface area contributed by atoms with Crippen LogP contribution >= 0.6 is 0 Å². The second kappa shape index (κ2) is 10.2. The van der Waals surface area contributed by atoms with Crippen molar-refractivity contribution in [3.63, 3.8) is 0 Å². The standard InChI is InChI=1S/C16H14NO3.C5H5.Fe/c1-10(12-5-3-4-6-12)16(20)14-8-7-13(9-15(14)19)17-11(2)18;1-2-4-5-3-1;/h3-9,19H,1H2,2H3,(H,17,18);1-5H;/q-1;-5;. The minimum Gasteiger partial charge on any atom is -0.748 e. The summed E-state index contributed by atoms with van der Waals surface area (Å²) in [6.45, 7) is 5.12. The number of Topliss-reactive ketones (excluding diaryl/α,β-unsaturated/α-hetero) is 1. The van der Waals surface area contributed by atoms with Crippen LogP contribution in [0.25, 0.3) is 5.57 Å². The molecule has 3 aromatic carbocycles. The quantitative estimate of drug-likeness (QED) is 0.302. The first-order valence-corrected chi connectivity index (χ1v) is 7.72. The van der Waals surface area contributed by atoms with Crippen LogP contribution in [-0.2, 0) is 21.9 Å². The van der Waals surface area contributed by atoms with Gasteiger partial charge in [0.2, 0.25) is 5.91 Å². The van der Waals surface area contributed by atoms with Crippen molar-refractivity contribution in [1.82, 2.24) is 0 Å². The van der Waals surface area contributed by atoms with Gasteiger partial charge < -0.3 is 45.5 Å². The number of ketones is 1. The molecule has 0 saturated heterocycles. The molecule has 0 fully saturated rings. The van der Waals surface area contributed by atoms with Gasteiger partial charge in [0.05, 0.1) is 0 Å². The number of amides is 1. The van der Waals surface area contributed by atoms with Gasteiger partial charge in [0.25, 0.3) is 0 Å². The fraction of sp³-hybridized carbons (Fsp3) is 0.0476. The molecule has 2 N–H and O–H groups in total. The third-order valence-electron chi connectivity index (χ3n) is 3.40. The Morgan fingerprint density at radius 3 is 2.08 bits per heavy atom. The summed E-state index contributed by atoms with van der Waals surface area (Å²) in [6, 6.07) is 21.6. The molecule has 0 saturated carbocycles. The Morgan fingerprint density at radius 2 is 1.62 bits per heavy atom. The van der Waals surface area contributed by atoms with E-state index in [4.69, 9.17) is 0 Å². The van der Waals surface area contributed by atoms with Crippen molar-refractivity contribution in [3.05, 3.63) is 90.5 Å². The number of rotatable bonds is 4. The molecule has 0 aromatic heterocycles. The number of aromatic hydroxyl groups is 1. The largest absolute Gasteiger partial charge is 0.748 e. The van der Waals surface area contributed by atoms with Gasteiger partial charge in [0.15, 0.2) is 0 Å². The maximum absolute atomic E-state index is 12.3. The number of carbonyl (C=O) groups excluding carboxylic acids is 2. The number of benzene rings is 1. The Balaban J connectivity index is 0.000000486. The maximum Gasteiger partial charge on any atom is 0.221 e. The van der Waals surface area contributed by atoms with Gasteiger partial charge in [-0.15, -0.1) is 12.1 Å². The van der Waals surface area contributed by atoms with E-state index in [0.29, 0.717) is 11.3 Å². The molecule has 26 heavy (non-hydrogen) atoms. The van der Waals surface area contributed by atoms with Crippen LogP contribution in [0.3, 0.4) is 0 Å². The second-order valence-corrected chi connectivity index (χ2v) is 5.36. The fourth-order valence-corrected chi connectivity index (χ4v) is 2.19. The normalized spacial score (nSPS) is 9.27. The Morgan fingerprint density at radius 1 is 1.08 bits per heavy atom. The molecule has 5 heteroatoms. The Hall–Kier alpha value is -2.88. The third kappa shape index (κ3) is 5.88. The minimum absolute atomic E-state index is 0. The summed E-state index contributed by atoms with van der Waals surface area (Å²) in [4.78, 5) is 23.2. The van der Waals surface area contributed by atoms with E-state index in [0.717, 1.165) is 5.56 Å². The first kappa shape index (κ1) is 21.2. The third-order valence-corrected chi connectivity index (χ3v) is 3.40. The van der Waals surface area contributed by atoms with Gasteiger partial charge in [0.1, 0.15) is 11.5 Å².